The zero-order chi connectivity index (χ0) is 19.0. The topological polar surface area (TPSA) is 61.0 Å². The van der Waals surface area contributed by atoms with Crippen LogP contribution >= 0.6 is 11.3 Å². The fraction of sp³-hybridized carbons (Fsp3) is 0.429. The van der Waals surface area contributed by atoms with E-state index in [1.807, 2.05) is 18.2 Å². The number of nitrogens with one attached hydrogen (secondary N) is 2. The largest absolute Gasteiger partial charge is 0.358 e. The summed E-state index contributed by atoms with van der Waals surface area (Å²) in [4.78, 5) is 23.1. The van der Waals surface area contributed by atoms with Crippen molar-refractivity contribution in [1.82, 2.24) is 14.9 Å². The third-order valence-electron chi connectivity index (χ3n) is 5.47. The smallest absolute Gasteiger partial charge is 0.257 e. The van der Waals surface area contributed by atoms with Gasteiger partial charge in [0.2, 0.25) is 0 Å². The van der Waals surface area contributed by atoms with Gasteiger partial charge in [0.25, 0.3) is 5.91 Å². The molecule has 1 aliphatic rings. The summed E-state index contributed by atoms with van der Waals surface area (Å²) < 4.78 is 0. The van der Waals surface area contributed by atoms with Crippen molar-refractivity contribution in [3.8, 4) is 0 Å². The molecule has 1 saturated heterocycles. The van der Waals surface area contributed by atoms with E-state index in [0.29, 0.717) is 10.7 Å². The van der Waals surface area contributed by atoms with E-state index in [1.165, 1.54) is 29.7 Å². The van der Waals surface area contributed by atoms with Crippen LogP contribution in [0.15, 0.2) is 23.6 Å². The number of hydrogen-bond acceptors (Lipinski definition) is 4. The highest BCUT2D eigenvalue weighted by molar-refractivity contribution is 7.14. The highest BCUT2D eigenvalue weighted by atomic mass is 32.1. The number of nitrogens with zero attached hydrogens (tertiary/aromatic N) is 2. The number of aromatic nitrogens is 2. The number of carbonyl (C=O) groups is 1. The molecule has 6 heteroatoms. The molecule has 27 heavy (non-hydrogen) atoms. The van der Waals surface area contributed by atoms with Crippen LogP contribution in [0.25, 0.3) is 10.9 Å². The maximum Gasteiger partial charge on any atom is 0.257 e. The Bertz CT molecular complexity index is 974. The Hall–Kier alpha value is -2.18. The van der Waals surface area contributed by atoms with Crippen LogP contribution in [0.4, 0.5) is 5.13 Å². The average molecular weight is 383 g/mol. The molecule has 3 heterocycles. The number of hydrogen-bond donors (Lipinski definition) is 2. The zero-order valence-electron chi connectivity index (χ0n) is 16.1. The molecule has 0 spiro atoms. The summed E-state index contributed by atoms with van der Waals surface area (Å²) in [6.45, 7) is 9.57. The van der Waals surface area contributed by atoms with Gasteiger partial charge in [0.15, 0.2) is 5.13 Å². The minimum Gasteiger partial charge on any atom is -0.358 e. The first-order valence-electron chi connectivity index (χ1n) is 9.56. The Morgan fingerprint density at radius 3 is 3.07 bits per heavy atom. The first-order chi connectivity index (χ1) is 13.0. The van der Waals surface area contributed by atoms with E-state index >= 15 is 0 Å². The third-order valence-corrected chi connectivity index (χ3v) is 6.28. The quantitative estimate of drug-likeness (QED) is 0.686. The summed E-state index contributed by atoms with van der Waals surface area (Å²) in [7, 11) is 0. The lowest BCUT2D eigenvalue weighted by Crippen LogP contribution is -2.33. The van der Waals surface area contributed by atoms with E-state index in [9.17, 15) is 4.79 Å². The molecule has 0 unspecified atom stereocenters. The van der Waals surface area contributed by atoms with E-state index in [0.717, 1.165) is 47.8 Å². The van der Waals surface area contributed by atoms with E-state index in [-0.39, 0.29) is 5.91 Å². The monoisotopic (exact) mass is 382 g/mol. The van der Waals surface area contributed by atoms with Gasteiger partial charge in [0.1, 0.15) is 0 Å². The zero-order valence-corrected chi connectivity index (χ0v) is 16.9. The number of rotatable bonds is 4. The molecule has 1 atom stereocenters. The van der Waals surface area contributed by atoms with E-state index in [1.54, 1.807) is 0 Å². The van der Waals surface area contributed by atoms with Gasteiger partial charge in [-0.2, -0.15) is 0 Å². The van der Waals surface area contributed by atoms with Gasteiger partial charge in [0, 0.05) is 40.6 Å². The molecule has 4 rings (SSSR count). The molecular weight excluding hydrogens is 356 g/mol. The number of fused-ring (bicyclic) bond motifs is 1. The Labute approximate surface area is 163 Å². The number of anilines is 1. The molecule has 0 aliphatic carbocycles. The lowest BCUT2D eigenvalue weighted by molar-refractivity contribution is 0.102. The van der Waals surface area contributed by atoms with Crippen LogP contribution in [-0.4, -0.2) is 33.9 Å². The van der Waals surface area contributed by atoms with Gasteiger partial charge < -0.3 is 4.98 Å². The van der Waals surface area contributed by atoms with Crippen molar-refractivity contribution >= 4 is 33.3 Å². The summed E-state index contributed by atoms with van der Waals surface area (Å²) in [5.74, 6) is 0.648. The number of carbonyl (C=O) groups excluding carboxylic acids is 1. The molecule has 1 aromatic carbocycles. The number of likely N-dealkylation sites (tertiary alicyclic amines) is 1. The van der Waals surface area contributed by atoms with Crippen molar-refractivity contribution in [2.24, 2.45) is 5.92 Å². The lowest BCUT2D eigenvalue weighted by atomic mass is 10.0. The standard InChI is InChI=1S/C21H26N4OS/c1-13-5-4-8-25(10-13)11-17-12-27-21(23-17)24-20(26)16-6-7-19-18(9-16)14(2)15(3)22-19/h6-7,9,12-13,22H,4-5,8,10-11H2,1-3H3,(H,23,24,26)/t13-/m0/s1. The first kappa shape index (κ1) is 18.2. The Kier molecular flexibility index (Phi) is 5.02. The second-order valence-electron chi connectivity index (χ2n) is 7.72. The van der Waals surface area contributed by atoms with Crippen LogP contribution < -0.4 is 5.32 Å². The van der Waals surface area contributed by atoms with Crippen LogP contribution in [0.3, 0.4) is 0 Å². The molecule has 0 bridgehead atoms. The molecule has 1 aliphatic heterocycles. The number of aromatic amines is 1. The summed E-state index contributed by atoms with van der Waals surface area (Å²) in [5.41, 5.74) is 5.09. The number of thiazole rings is 1. The average Bonchev–Trinajstić information content (AvgIpc) is 3.19. The van der Waals surface area contributed by atoms with Crippen molar-refractivity contribution in [2.45, 2.75) is 40.2 Å². The lowest BCUT2D eigenvalue weighted by Gasteiger charge is -2.30. The van der Waals surface area contributed by atoms with Crippen LogP contribution in [0.5, 0.6) is 0 Å². The number of H-pyrrole nitrogens is 1. The van der Waals surface area contributed by atoms with Gasteiger partial charge in [-0.3, -0.25) is 15.0 Å². The van der Waals surface area contributed by atoms with Crippen molar-refractivity contribution in [3.05, 3.63) is 46.1 Å². The normalized spacial score (nSPS) is 18.1. The molecule has 0 radical (unpaired) electrons. The first-order valence-corrected chi connectivity index (χ1v) is 10.4. The van der Waals surface area contributed by atoms with Gasteiger partial charge in [-0.25, -0.2) is 4.98 Å². The second kappa shape index (κ2) is 7.44. The molecule has 1 amide bonds. The second-order valence-corrected chi connectivity index (χ2v) is 8.57. The van der Waals surface area contributed by atoms with Gasteiger partial charge in [0.05, 0.1) is 5.69 Å². The molecule has 5 nitrogen and oxygen atoms in total. The molecular formula is C21H26N4OS. The summed E-state index contributed by atoms with van der Waals surface area (Å²) in [6.07, 6.45) is 2.58. The molecule has 3 aromatic rings. The predicted octanol–water partition coefficient (Wildman–Crippen LogP) is 4.73. The molecule has 0 saturated carbocycles. The Balaban J connectivity index is 1.44. The molecule has 1 fully saturated rings. The minimum absolute atomic E-state index is 0.109. The van der Waals surface area contributed by atoms with Crippen molar-refractivity contribution in [2.75, 3.05) is 18.4 Å². The van der Waals surface area contributed by atoms with E-state index in [2.05, 4.69) is 46.3 Å². The summed E-state index contributed by atoms with van der Waals surface area (Å²) in [6, 6.07) is 5.78. The van der Waals surface area contributed by atoms with Crippen LogP contribution in [0.2, 0.25) is 0 Å². The number of amides is 1. The van der Waals surface area contributed by atoms with Crippen molar-refractivity contribution in [3.63, 3.8) is 0 Å². The van der Waals surface area contributed by atoms with Gasteiger partial charge in [-0.05, 0) is 62.9 Å². The highest BCUT2D eigenvalue weighted by Gasteiger charge is 2.18. The SMILES string of the molecule is Cc1[nH]c2ccc(C(=O)Nc3nc(CN4CCC[C@H](C)C4)cs3)cc2c1C. The van der Waals surface area contributed by atoms with Crippen LogP contribution in [0, 0.1) is 19.8 Å². The Morgan fingerprint density at radius 2 is 2.26 bits per heavy atom. The molecule has 2 aromatic heterocycles. The van der Waals surface area contributed by atoms with Crippen molar-refractivity contribution < 1.29 is 4.79 Å². The maximum absolute atomic E-state index is 12.7. The summed E-state index contributed by atoms with van der Waals surface area (Å²) in [5, 5.41) is 6.77. The van der Waals surface area contributed by atoms with E-state index in [4.69, 9.17) is 0 Å². The van der Waals surface area contributed by atoms with E-state index < -0.39 is 0 Å². The molecule has 142 valence electrons. The third kappa shape index (κ3) is 3.92. The number of benzene rings is 1. The molecule has 2 N–H and O–H groups in total. The predicted molar refractivity (Wildman–Crippen MR) is 112 cm³/mol. The van der Waals surface area contributed by atoms with Gasteiger partial charge in [-0.15, -0.1) is 11.3 Å². The fourth-order valence-corrected chi connectivity index (χ4v) is 4.56. The van der Waals surface area contributed by atoms with Gasteiger partial charge in [-0.1, -0.05) is 6.92 Å². The minimum atomic E-state index is -0.109. The summed E-state index contributed by atoms with van der Waals surface area (Å²) >= 11 is 1.50. The fourth-order valence-electron chi connectivity index (χ4n) is 3.87. The van der Waals surface area contributed by atoms with Crippen LogP contribution in [0.1, 0.15) is 47.1 Å². The van der Waals surface area contributed by atoms with Crippen molar-refractivity contribution in [1.29, 1.82) is 0 Å². The van der Waals surface area contributed by atoms with Crippen LogP contribution in [-0.2, 0) is 6.54 Å². The number of piperidine rings is 1. The maximum atomic E-state index is 12.7. The van der Waals surface area contributed by atoms with Gasteiger partial charge >= 0.3 is 0 Å². The number of aryl methyl sites for hydroxylation is 2. The highest BCUT2D eigenvalue weighted by Crippen LogP contribution is 2.24. The Morgan fingerprint density at radius 1 is 1.41 bits per heavy atom.